The van der Waals surface area contributed by atoms with Crippen LogP contribution in [0.3, 0.4) is 0 Å². The van der Waals surface area contributed by atoms with Crippen LogP contribution in [-0.2, 0) is 4.79 Å². The maximum Gasteiger partial charge on any atom is 0.324 e. The van der Waals surface area contributed by atoms with Gasteiger partial charge in [-0.3, -0.25) is 15.0 Å². The van der Waals surface area contributed by atoms with Gasteiger partial charge in [0.2, 0.25) is 5.91 Å². The summed E-state index contributed by atoms with van der Waals surface area (Å²) in [6, 6.07) is 8.47. The van der Waals surface area contributed by atoms with Crippen molar-refractivity contribution < 1.29 is 14.3 Å². The Balaban J connectivity index is 1.61. The van der Waals surface area contributed by atoms with E-state index in [1.54, 1.807) is 31.5 Å². The number of nitrogens with two attached hydrogens (primary N) is 1. The number of benzene rings is 1. The summed E-state index contributed by atoms with van der Waals surface area (Å²) >= 11 is 0. The zero-order chi connectivity index (χ0) is 20.1. The SMILES string of the molecule is COc1ccccc1NC(=O)Nc1ccnn1C1CCN([C@H](C)C(N)=O)CC1. The Morgan fingerprint density at radius 3 is 2.61 bits per heavy atom. The number of nitrogens with zero attached hydrogens (tertiary/aromatic N) is 3. The lowest BCUT2D eigenvalue weighted by Crippen LogP contribution is -2.46. The number of carbonyl (C=O) groups excluding carboxylic acids is 2. The van der Waals surface area contributed by atoms with E-state index < -0.39 is 0 Å². The van der Waals surface area contributed by atoms with Gasteiger partial charge in [-0.25, -0.2) is 9.48 Å². The minimum Gasteiger partial charge on any atom is -0.495 e. The smallest absolute Gasteiger partial charge is 0.324 e. The number of rotatable bonds is 6. The molecule has 0 radical (unpaired) electrons. The number of hydrogen-bond donors (Lipinski definition) is 3. The van der Waals surface area contributed by atoms with Gasteiger partial charge in [0.15, 0.2) is 0 Å². The van der Waals surface area contributed by atoms with E-state index in [1.807, 2.05) is 23.7 Å². The first kappa shape index (κ1) is 19.7. The van der Waals surface area contributed by atoms with Crippen LogP contribution in [0.25, 0.3) is 0 Å². The molecule has 1 aromatic heterocycles. The topological polar surface area (TPSA) is 115 Å². The van der Waals surface area contributed by atoms with Crippen LogP contribution in [0.5, 0.6) is 5.75 Å². The largest absolute Gasteiger partial charge is 0.495 e. The Morgan fingerprint density at radius 2 is 1.93 bits per heavy atom. The fraction of sp³-hybridized carbons (Fsp3) is 0.421. The number of nitrogens with one attached hydrogen (secondary N) is 2. The molecular formula is C19H26N6O3. The fourth-order valence-corrected chi connectivity index (χ4v) is 3.42. The Labute approximate surface area is 163 Å². The van der Waals surface area contributed by atoms with Crippen LogP contribution in [0.4, 0.5) is 16.3 Å². The molecule has 4 N–H and O–H groups in total. The van der Waals surface area contributed by atoms with Crippen LogP contribution in [0.2, 0.25) is 0 Å². The lowest BCUT2D eigenvalue weighted by Gasteiger charge is -2.35. The number of para-hydroxylation sites is 2. The average molecular weight is 386 g/mol. The second kappa shape index (κ2) is 8.75. The van der Waals surface area contributed by atoms with Crippen LogP contribution in [0.15, 0.2) is 36.5 Å². The number of hydrogen-bond acceptors (Lipinski definition) is 5. The minimum atomic E-state index is -0.369. The van der Waals surface area contributed by atoms with E-state index in [0.717, 1.165) is 25.9 Å². The molecule has 3 rings (SSSR count). The zero-order valence-corrected chi connectivity index (χ0v) is 16.1. The molecule has 1 aliphatic heterocycles. The van der Waals surface area contributed by atoms with E-state index in [1.165, 1.54) is 0 Å². The molecule has 0 unspecified atom stereocenters. The van der Waals surface area contributed by atoms with Gasteiger partial charge in [-0.1, -0.05) is 12.1 Å². The summed E-state index contributed by atoms with van der Waals surface area (Å²) in [6.45, 7) is 3.33. The van der Waals surface area contributed by atoms with Crippen molar-refractivity contribution in [3.63, 3.8) is 0 Å². The highest BCUT2D eigenvalue weighted by Gasteiger charge is 2.27. The monoisotopic (exact) mass is 386 g/mol. The molecule has 1 aliphatic rings. The van der Waals surface area contributed by atoms with Crippen LogP contribution in [0.1, 0.15) is 25.8 Å². The molecule has 0 saturated carbocycles. The molecule has 2 aromatic rings. The third-order valence-electron chi connectivity index (χ3n) is 5.07. The third-order valence-corrected chi connectivity index (χ3v) is 5.07. The third kappa shape index (κ3) is 4.42. The van der Waals surface area contributed by atoms with Crippen molar-refractivity contribution >= 4 is 23.4 Å². The molecule has 1 atom stereocenters. The number of ether oxygens (including phenoxy) is 1. The van der Waals surface area contributed by atoms with Gasteiger partial charge >= 0.3 is 6.03 Å². The molecule has 1 saturated heterocycles. The van der Waals surface area contributed by atoms with Crippen LogP contribution in [0, 0.1) is 0 Å². The van der Waals surface area contributed by atoms with E-state index in [0.29, 0.717) is 17.3 Å². The molecule has 2 heterocycles. The lowest BCUT2D eigenvalue weighted by molar-refractivity contribution is -0.123. The van der Waals surface area contributed by atoms with Crippen molar-refractivity contribution in [3.8, 4) is 5.75 Å². The number of likely N-dealkylation sites (tertiary alicyclic amines) is 1. The van der Waals surface area contributed by atoms with Crippen molar-refractivity contribution in [3.05, 3.63) is 36.5 Å². The van der Waals surface area contributed by atoms with Crippen molar-refractivity contribution in [2.75, 3.05) is 30.8 Å². The molecule has 1 fully saturated rings. The number of aromatic nitrogens is 2. The first-order chi connectivity index (χ1) is 13.5. The van der Waals surface area contributed by atoms with E-state index in [4.69, 9.17) is 10.5 Å². The molecule has 150 valence electrons. The van der Waals surface area contributed by atoms with Crippen LogP contribution >= 0.6 is 0 Å². The minimum absolute atomic E-state index is 0.146. The van der Waals surface area contributed by atoms with Gasteiger partial charge in [-0.2, -0.15) is 5.10 Å². The molecule has 0 spiro atoms. The predicted molar refractivity (Wildman–Crippen MR) is 106 cm³/mol. The second-order valence-corrected chi connectivity index (χ2v) is 6.79. The summed E-state index contributed by atoms with van der Waals surface area (Å²) in [5.41, 5.74) is 5.98. The van der Waals surface area contributed by atoms with Gasteiger partial charge < -0.3 is 15.8 Å². The van der Waals surface area contributed by atoms with Crippen LogP contribution in [-0.4, -0.2) is 52.9 Å². The number of methoxy groups -OCH3 is 1. The van der Waals surface area contributed by atoms with E-state index in [-0.39, 0.29) is 24.0 Å². The highest BCUT2D eigenvalue weighted by atomic mass is 16.5. The van der Waals surface area contributed by atoms with Crippen molar-refractivity contribution in [1.82, 2.24) is 14.7 Å². The first-order valence-corrected chi connectivity index (χ1v) is 9.27. The maximum absolute atomic E-state index is 12.4. The Hall–Kier alpha value is -3.07. The van der Waals surface area contributed by atoms with Gasteiger partial charge in [0, 0.05) is 19.2 Å². The molecule has 0 bridgehead atoms. The molecule has 28 heavy (non-hydrogen) atoms. The van der Waals surface area contributed by atoms with Crippen molar-refractivity contribution in [1.29, 1.82) is 0 Å². The molecule has 9 nitrogen and oxygen atoms in total. The number of urea groups is 1. The highest BCUT2D eigenvalue weighted by molar-refractivity contribution is 6.00. The lowest BCUT2D eigenvalue weighted by atomic mass is 10.0. The summed E-state index contributed by atoms with van der Waals surface area (Å²) in [5, 5.41) is 10.0. The standard InChI is InChI=1S/C19H26N6O3/c1-13(18(20)26)24-11-8-14(9-12-24)25-17(7-10-21-25)23-19(27)22-15-5-3-4-6-16(15)28-2/h3-7,10,13-14H,8-9,11-12H2,1-2H3,(H2,20,26)(H2,22,23,27)/t13-/m1/s1. The predicted octanol–water partition coefficient (Wildman–Crippen LogP) is 2.05. The first-order valence-electron chi connectivity index (χ1n) is 9.27. The Bertz CT molecular complexity index is 829. The second-order valence-electron chi connectivity index (χ2n) is 6.79. The number of primary amides is 1. The Kier molecular flexibility index (Phi) is 6.15. The molecule has 3 amide bonds. The summed E-state index contributed by atoms with van der Waals surface area (Å²) in [6.07, 6.45) is 3.31. The van der Waals surface area contributed by atoms with Crippen molar-refractivity contribution in [2.45, 2.75) is 31.8 Å². The molecular weight excluding hydrogens is 360 g/mol. The normalized spacial score (nSPS) is 16.4. The highest BCUT2D eigenvalue weighted by Crippen LogP contribution is 2.27. The number of amides is 3. The van der Waals surface area contributed by atoms with Crippen LogP contribution < -0.4 is 21.1 Å². The quantitative estimate of drug-likeness (QED) is 0.703. The molecule has 1 aromatic carbocycles. The van der Waals surface area contributed by atoms with E-state index in [2.05, 4.69) is 20.6 Å². The van der Waals surface area contributed by atoms with E-state index in [9.17, 15) is 9.59 Å². The van der Waals surface area contributed by atoms with E-state index >= 15 is 0 Å². The number of piperidine rings is 1. The average Bonchev–Trinajstić information content (AvgIpc) is 3.15. The summed E-state index contributed by atoms with van der Waals surface area (Å²) in [5.74, 6) is 0.892. The Morgan fingerprint density at radius 1 is 1.21 bits per heavy atom. The summed E-state index contributed by atoms with van der Waals surface area (Å²) in [4.78, 5) is 25.9. The van der Waals surface area contributed by atoms with Crippen molar-refractivity contribution in [2.24, 2.45) is 5.73 Å². The van der Waals surface area contributed by atoms with Gasteiger partial charge in [0.25, 0.3) is 0 Å². The summed E-state index contributed by atoms with van der Waals surface area (Å²) < 4.78 is 7.08. The maximum atomic E-state index is 12.4. The zero-order valence-electron chi connectivity index (χ0n) is 16.1. The fourth-order valence-electron chi connectivity index (χ4n) is 3.42. The van der Waals surface area contributed by atoms with Gasteiger partial charge in [0.05, 0.1) is 31.1 Å². The molecule has 9 heteroatoms. The van der Waals surface area contributed by atoms with Gasteiger partial charge in [-0.05, 0) is 31.9 Å². The van der Waals surface area contributed by atoms with Gasteiger partial charge in [0.1, 0.15) is 11.6 Å². The number of anilines is 2. The molecule has 0 aliphatic carbocycles. The summed E-state index contributed by atoms with van der Waals surface area (Å²) in [7, 11) is 1.55. The number of carbonyl (C=O) groups is 2. The van der Waals surface area contributed by atoms with Gasteiger partial charge in [-0.15, -0.1) is 0 Å².